The van der Waals surface area contributed by atoms with Gasteiger partial charge in [0.1, 0.15) is 16.7 Å². The first-order valence-corrected chi connectivity index (χ1v) is 12.5. The quantitative estimate of drug-likeness (QED) is 0.112. The van der Waals surface area contributed by atoms with Gasteiger partial charge in [0, 0.05) is 15.6 Å². The van der Waals surface area contributed by atoms with Crippen LogP contribution in [0.25, 0.3) is 0 Å². The first-order valence-electron chi connectivity index (χ1n) is 9.83. The number of rotatable bonds is 9. The number of carbonyl (C=O) groups excluding carboxylic acids is 1. The third-order valence-corrected chi connectivity index (χ3v) is 7.49. The van der Waals surface area contributed by atoms with E-state index in [1.807, 2.05) is 0 Å². The maximum absolute atomic E-state index is 12.1. The Morgan fingerprint density at radius 2 is 1.47 bits per heavy atom. The Labute approximate surface area is 241 Å². The highest BCUT2D eigenvalue weighted by Gasteiger charge is 2.21. The first kappa shape index (κ1) is 28.8. The number of hydrogen-bond acceptors (Lipinski definition) is 5. The van der Waals surface area contributed by atoms with Crippen molar-refractivity contribution in [2.45, 2.75) is 6.61 Å². The minimum absolute atomic E-state index is 0.0192. The van der Waals surface area contributed by atoms with Gasteiger partial charge in [-0.2, -0.15) is 5.10 Å². The van der Waals surface area contributed by atoms with Crippen molar-refractivity contribution in [3.8, 4) is 17.2 Å². The monoisotopic (exact) mass is 628 g/mol. The Morgan fingerprint density at radius 3 is 2.08 bits per heavy atom. The molecule has 0 bridgehead atoms. The maximum Gasteiger partial charge on any atom is 0.277 e. The molecule has 0 spiro atoms. The highest BCUT2D eigenvalue weighted by molar-refractivity contribution is 6.55. The van der Waals surface area contributed by atoms with Gasteiger partial charge in [-0.05, 0) is 35.9 Å². The number of amides is 1. The van der Waals surface area contributed by atoms with E-state index in [0.29, 0.717) is 32.7 Å². The van der Waals surface area contributed by atoms with Gasteiger partial charge in [0.15, 0.2) is 23.9 Å². The molecule has 36 heavy (non-hydrogen) atoms. The molecule has 0 aliphatic rings. The summed E-state index contributed by atoms with van der Waals surface area (Å²) in [5.41, 5.74) is 3.60. The van der Waals surface area contributed by atoms with Crippen LogP contribution in [-0.4, -0.2) is 25.8 Å². The highest BCUT2D eigenvalue weighted by Crippen LogP contribution is 2.48. The number of methoxy groups -OCH3 is 1. The summed E-state index contributed by atoms with van der Waals surface area (Å²) in [6.07, 6.45) is 1.41. The third-order valence-electron chi connectivity index (χ3n) is 4.54. The standard InChI is InChI=1S/C23H15Cl7N2O4/c1-34-16-7-11(5-6-15(16)35-9-12-13(24)3-2-4-14(12)25)8-31-32-17(33)10-36-23-21(29)19(27)18(26)20(28)22(23)30/h2-8H,9-10H2,1H3,(H,32,33). The molecule has 0 saturated carbocycles. The molecule has 6 nitrogen and oxygen atoms in total. The van der Waals surface area contributed by atoms with Gasteiger partial charge < -0.3 is 14.2 Å². The van der Waals surface area contributed by atoms with Crippen molar-refractivity contribution >= 4 is 93.3 Å². The van der Waals surface area contributed by atoms with E-state index in [4.69, 9.17) is 95.4 Å². The van der Waals surface area contributed by atoms with Crippen LogP contribution in [0.15, 0.2) is 41.5 Å². The number of hydrogen-bond donors (Lipinski definition) is 1. The van der Waals surface area contributed by atoms with Gasteiger partial charge in [0.25, 0.3) is 5.91 Å². The molecular formula is C23H15Cl7N2O4. The lowest BCUT2D eigenvalue weighted by atomic mass is 10.2. The Hall–Kier alpha value is -1.77. The van der Waals surface area contributed by atoms with Crippen LogP contribution < -0.4 is 19.6 Å². The second-order valence-electron chi connectivity index (χ2n) is 6.88. The maximum atomic E-state index is 12.1. The Bertz CT molecular complexity index is 1270. The van der Waals surface area contributed by atoms with Gasteiger partial charge in [0.05, 0.1) is 28.4 Å². The van der Waals surface area contributed by atoms with Crippen molar-refractivity contribution in [3.05, 3.63) is 82.7 Å². The normalized spacial score (nSPS) is 11.0. The third kappa shape index (κ3) is 6.95. The molecule has 1 amide bonds. The van der Waals surface area contributed by atoms with Crippen LogP contribution in [0, 0.1) is 0 Å². The summed E-state index contributed by atoms with van der Waals surface area (Å²) in [5.74, 6) is 0.245. The number of ether oxygens (including phenoxy) is 3. The molecule has 0 radical (unpaired) electrons. The molecule has 0 saturated heterocycles. The summed E-state index contributed by atoms with van der Waals surface area (Å²) in [6.45, 7) is -0.317. The summed E-state index contributed by atoms with van der Waals surface area (Å²) in [4.78, 5) is 12.1. The van der Waals surface area contributed by atoms with Crippen LogP contribution in [0.2, 0.25) is 35.2 Å². The number of nitrogens with zero attached hydrogens (tertiary/aromatic N) is 1. The SMILES string of the molecule is COc1cc(C=NNC(=O)COc2c(Cl)c(Cl)c(Cl)c(Cl)c2Cl)ccc1OCc1c(Cl)cccc1Cl. The zero-order valence-corrected chi connectivity index (χ0v) is 23.5. The van der Waals surface area contributed by atoms with Crippen molar-refractivity contribution in [3.63, 3.8) is 0 Å². The Morgan fingerprint density at radius 1 is 0.861 bits per heavy atom. The molecule has 0 aromatic heterocycles. The fraction of sp³-hybridized carbons (Fsp3) is 0.130. The van der Waals surface area contributed by atoms with Crippen molar-refractivity contribution in [2.75, 3.05) is 13.7 Å². The van der Waals surface area contributed by atoms with Crippen molar-refractivity contribution in [2.24, 2.45) is 5.10 Å². The van der Waals surface area contributed by atoms with Crippen LogP contribution in [0.5, 0.6) is 17.2 Å². The molecule has 3 aromatic rings. The molecular weight excluding hydrogens is 616 g/mol. The summed E-state index contributed by atoms with van der Waals surface area (Å²) < 4.78 is 16.6. The number of carbonyl (C=O) groups is 1. The van der Waals surface area contributed by atoms with Gasteiger partial charge in [-0.3, -0.25) is 4.79 Å². The molecule has 0 heterocycles. The second kappa shape index (κ2) is 13.2. The molecule has 0 atom stereocenters. The molecule has 1 N–H and O–H groups in total. The number of halogens is 7. The Balaban J connectivity index is 1.60. The van der Waals surface area contributed by atoms with Gasteiger partial charge in [0.2, 0.25) is 0 Å². The molecule has 0 aliphatic heterocycles. The van der Waals surface area contributed by atoms with Crippen LogP contribution in [0.1, 0.15) is 11.1 Å². The minimum atomic E-state index is -0.593. The summed E-state index contributed by atoms with van der Waals surface area (Å²) in [6, 6.07) is 10.3. The van der Waals surface area contributed by atoms with Crippen LogP contribution in [0.3, 0.4) is 0 Å². The molecule has 3 aromatic carbocycles. The predicted octanol–water partition coefficient (Wildman–Crippen LogP) is 8.38. The lowest BCUT2D eigenvalue weighted by Crippen LogP contribution is -2.24. The average Bonchev–Trinajstić information content (AvgIpc) is 2.86. The molecule has 0 unspecified atom stereocenters. The Kier molecular flexibility index (Phi) is 10.5. The van der Waals surface area contributed by atoms with Crippen molar-refractivity contribution in [1.29, 1.82) is 0 Å². The summed E-state index contributed by atoms with van der Waals surface area (Å²) in [5, 5.41) is 4.64. The molecule has 13 heteroatoms. The average molecular weight is 632 g/mol. The number of benzene rings is 3. The zero-order valence-electron chi connectivity index (χ0n) is 18.2. The van der Waals surface area contributed by atoms with Gasteiger partial charge in [-0.15, -0.1) is 0 Å². The molecule has 190 valence electrons. The van der Waals surface area contributed by atoms with E-state index in [1.165, 1.54) is 13.3 Å². The van der Waals surface area contributed by atoms with Gasteiger partial charge in [-0.25, -0.2) is 5.43 Å². The zero-order chi connectivity index (χ0) is 26.4. The fourth-order valence-electron chi connectivity index (χ4n) is 2.76. The first-order chi connectivity index (χ1) is 17.1. The number of nitrogens with one attached hydrogen (secondary N) is 1. The van der Waals surface area contributed by atoms with Gasteiger partial charge >= 0.3 is 0 Å². The predicted molar refractivity (Wildman–Crippen MR) is 147 cm³/mol. The van der Waals surface area contributed by atoms with Crippen molar-refractivity contribution < 1.29 is 19.0 Å². The topological polar surface area (TPSA) is 69.2 Å². The summed E-state index contributed by atoms with van der Waals surface area (Å²) in [7, 11) is 1.50. The number of hydrazone groups is 1. The smallest absolute Gasteiger partial charge is 0.277 e. The second-order valence-corrected chi connectivity index (χ2v) is 9.58. The van der Waals surface area contributed by atoms with E-state index in [2.05, 4.69) is 10.5 Å². The largest absolute Gasteiger partial charge is 0.493 e. The lowest BCUT2D eigenvalue weighted by Gasteiger charge is -2.13. The van der Waals surface area contributed by atoms with Crippen LogP contribution in [0.4, 0.5) is 0 Å². The van der Waals surface area contributed by atoms with E-state index >= 15 is 0 Å². The molecule has 3 rings (SSSR count). The highest BCUT2D eigenvalue weighted by atomic mass is 35.5. The van der Waals surface area contributed by atoms with Crippen LogP contribution >= 0.6 is 81.2 Å². The van der Waals surface area contributed by atoms with Gasteiger partial charge in [-0.1, -0.05) is 87.3 Å². The van der Waals surface area contributed by atoms with E-state index in [1.54, 1.807) is 36.4 Å². The molecule has 0 fully saturated rings. The van der Waals surface area contributed by atoms with E-state index in [9.17, 15) is 4.79 Å². The van der Waals surface area contributed by atoms with E-state index in [-0.39, 0.29) is 37.5 Å². The fourth-order valence-corrected chi connectivity index (χ4v) is 4.50. The summed E-state index contributed by atoms with van der Waals surface area (Å²) >= 11 is 42.4. The lowest BCUT2D eigenvalue weighted by molar-refractivity contribution is -0.123. The van der Waals surface area contributed by atoms with Crippen molar-refractivity contribution in [1.82, 2.24) is 5.43 Å². The van der Waals surface area contributed by atoms with E-state index < -0.39 is 12.5 Å². The van der Waals surface area contributed by atoms with E-state index in [0.717, 1.165) is 0 Å². The molecule has 0 aliphatic carbocycles. The minimum Gasteiger partial charge on any atom is -0.493 e. The van der Waals surface area contributed by atoms with Crippen LogP contribution in [-0.2, 0) is 11.4 Å².